The van der Waals surface area contributed by atoms with Gasteiger partial charge in [0, 0.05) is 0 Å². The molecule has 4 heteroatoms. The fourth-order valence-electron chi connectivity index (χ4n) is 16.5. The molecule has 0 spiro atoms. The van der Waals surface area contributed by atoms with Gasteiger partial charge in [0.2, 0.25) is 0 Å². The Morgan fingerprint density at radius 1 is 0.302 bits per heavy atom. The van der Waals surface area contributed by atoms with Gasteiger partial charge in [-0.25, -0.2) is 0 Å². The Hall–Kier alpha value is -7.68. The van der Waals surface area contributed by atoms with E-state index in [4.69, 9.17) is 0 Å². The van der Waals surface area contributed by atoms with Crippen LogP contribution in [0.1, 0.15) is 69.0 Å². The standard InChI is InChI=1S/2C40H29.2CH3.2ClH.H2Si.Zr/c2*1-2-11-26-22-37-35(39-31-16-7-3-12-27(31)24-28-13-4-8-17-32(28)39)20-21-36(38(37)23-26)40-33-18-9-5-14-29(33)25-30-15-6-10-19-34(30)40;;;;;;/h2*3-10,12-25H,2,11H2,1H3;2*1H3;2*1H;1H2;. The summed E-state index contributed by atoms with van der Waals surface area (Å²) in [5.41, 5.74) is 20.1. The fourth-order valence-corrected chi connectivity index (χ4v) is 36.2. The minimum Gasteiger partial charge on any atom is -0.147 e. The Morgan fingerprint density at radius 2 is 0.512 bits per heavy atom. The van der Waals surface area contributed by atoms with Crippen molar-refractivity contribution < 1.29 is 17.4 Å². The van der Waals surface area contributed by atoms with Crippen molar-refractivity contribution in [1.82, 2.24) is 0 Å². The van der Waals surface area contributed by atoms with Crippen molar-refractivity contribution in [3.8, 4) is 44.5 Å². The van der Waals surface area contributed by atoms with Crippen LogP contribution in [0, 0.1) is 0 Å². The molecule has 2 atom stereocenters. The second kappa shape index (κ2) is 21.6. The Labute approximate surface area is 519 Å². The molecule has 0 fully saturated rings. The summed E-state index contributed by atoms with van der Waals surface area (Å²) < 4.78 is 6.29. The summed E-state index contributed by atoms with van der Waals surface area (Å²) >= 11 is -4.70. The van der Waals surface area contributed by atoms with Crippen molar-refractivity contribution in [3.05, 3.63) is 276 Å². The number of rotatable bonds is 10. The maximum absolute atomic E-state index is 4.70. The number of hydrogen-bond donors (Lipinski definition) is 0. The van der Waals surface area contributed by atoms with Gasteiger partial charge in [0.1, 0.15) is 0 Å². The predicted octanol–water partition coefficient (Wildman–Crippen LogP) is 23.9. The molecule has 0 N–H and O–H groups in total. The van der Waals surface area contributed by atoms with Crippen molar-refractivity contribution in [3.63, 3.8) is 0 Å². The van der Waals surface area contributed by atoms with Crippen LogP contribution >= 0.6 is 24.8 Å². The normalized spacial score (nSPS) is 14.9. The van der Waals surface area contributed by atoms with E-state index in [1.54, 1.807) is 22.3 Å². The Bertz CT molecular complexity index is 4750. The van der Waals surface area contributed by atoms with E-state index in [9.17, 15) is 0 Å². The van der Waals surface area contributed by atoms with Gasteiger partial charge in [0.05, 0.1) is 0 Å². The summed E-state index contributed by atoms with van der Waals surface area (Å²) in [6, 6.07) is 93.2. The first-order valence-electron chi connectivity index (χ1n) is 30.6. The van der Waals surface area contributed by atoms with Crippen LogP contribution in [-0.4, -0.2) is 6.88 Å². The number of fused-ring (bicyclic) bond motifs is 10. The van der Waals surface area contributed by atoms with Crippen molar-refractivity contribution in [1.29, 1.82) is 0 Å². The van der Waals surface area contributed by atoms with Crippen LogP contribution < -0.4 is 0 Å². The number of halogens is 2. The summed E-state index contributed by atoms with van der Waals surface area (Å²) in [6.45, 7) is 7.38. The molecule has 418 valence electrons. The third-order valence-electron chi connectivity index (χ3n) is 19.7. The maximum Gasteiger partial charge on any atom is -0.147 e. The van der Waals surface area contributed by atoms with E-state index < -0.39 is 17.4 Å². The van der Waals surface area contributed by atoms with Gasteiger partial charge in [-0.15, -0.1) is 24.8 Å². The van der Waals surface area contributed by atoms with E-state index >= 15 is 0 Å². The zero-order valence-electron chi connectivity index (χ0n) is 49.3. The van der Waals surface area contributed by atoms with Crippen molar-refractivity contribution >= 4 is 130 Å². The van der Waals surface area contributed by atoms with Crippen LogP contribution in [0.4, 0.5) is 0 Å². The zero-order valence-corrected chi connectivity index (χ0v) is 54.8. The maximum atomic E-state index is 2.92. The molecule has 0 aromatic heterocycles. The molecule has 0 heterocycles. The van der Waals surface area contributed by atoms with E-state index in [-0.39, 0.29) is 32.1 Å². The predicted molar refractivity (Wildman–Crippen MR) is 381 cm³/mol. The van der Waals surface area contributed by atoms with E-state index in [1.165, 1.54) is 142 Å². The summed E-state index contributed by atoms with van der Waals surface area (Å²) in [6.07, 6.45) is 9.77. The topological polar surface area (TPSA) is 0 Å². The first-order chi connectivity index (χ1) is 41.2. The van der Waals surface area contributed by atoms with E-state index in [2.05, 4.69) is 285 Å². The molecule has 14 aromatic carbocycles. The molecule has 2 unspecified atom stereocenters. The van der Waals surface area contributed by atoms with Crippen molar-refractivity contribution in [2.75, 3.05) is 0 Å². The first-order valence-corrected chi connectivity index (χ1v) is 44.3. The van der Waals surface area contributed by atoms with Gasteiger partial charge in [-0.1, -0.05) is 0 Å². The molecule has 0 aliphatic heterocycles. The average Bonchev–Trinajstić information content (AvgIpc) is 1.46. The Balaban J connectivity index is 0.00000327. The van der Waals surface area contributed by atoms with Gasteiger partial charge in [0.15, 0.2) is 0 Å². The average molecular weight is 1240 g/mol. The molecule has 0 saturated carbocycles. The van der Waals surface area contributed by atoms with Gasteiger partial charge >= 0.3 is 499 Å². The second-order valence-corrected chi connectivity index (χ2v) is 56.0. The van der Waals surface area contributed by atoms with Crippen LogP contribution in [0.25, 0.3) is 143 Å². The molecule has 0 saturated heterocycles. The molecule has 0 nitrogen and oxygen atoms in total. The largest absolute Gasteiger partial charge is 0.147 e. The quantitative estimate of drug-likeness (QED) is 0.0946. The number of benzene rings is 14. The molecule has 16 rings (SSSR count). The van der Waals surface area contributed by atoms with Gasteiger partial charge in [0.25, 0.3) is 0 Å². The van der Waals surface area contributed by atoms with E-state index in [1.807, 2.05) is 0 Å². The SMILES string of the molecule is CCCC1=Cc2c(-c3c4ccccc4cc4ccccc34)ccc(-c3c4ccccc4cc4ccccc34)c2[CH]1[Zr]([CH3])([CH3])(=[SiH2])[CH]1C(CCC)=Cc2c(-c3c4ccccc4cc4ccccc34)ccc(-c3c4ccccc4cc4ccccc34)c21.Cl.Cl. The van der Waals surface area contributed by atoms with E-state index in [0.29, 0.717) is 0 Å². The van der Waals surface area contributed by atoms with Gasteiger partial charge in [-0.3, -0.25) is 0 Å². The van der Waals surface area contributed by atoms with Crippen LogP contribution in [-0.2, 0) is 17.4 Å². The number of hydrogen-bond acceptors (Lipinski definition) is 0. The van der Waals surface area contributed by atoms with Crippen molar-refractivity contribution in [2.45, 2.75) is 56.0 Å². The van der Waals surface area contributed by atoms with Crippen molar-refractivity contribution in [2.24, 2.45) is 0 Å². The zero-order chi connectivity index (χ0) is 56.4. The van der Waals surface area contributed by atoms with Gasteiger partial charge in [-0.05, 0) is 0 Å². The summed E-state index contributed by atoms with van der Waals surface area (Å²) in [5.74, 6) is 0. The van der Waals surface area contributed by atoms with Crippen LogP contribution in [0.5, 0.6) is 0 Å². The third-order valence-corrected chi connectivity index (χ3v) is 37.1. The fraction of sp³-hybridized carbons (Fsp3) is 0.122. The van der Waals surface area contributed by atoms with Crippen LogP contribution in [0.3, 0.4) is 0 Å². The molecule has 0 radical (unpaired) electrons. The Morgan fingerprint density at radius 3 is 0.744 bits per heavy atom. The summed E-state index contributed by atoms with van der Waals surface area (Å²) in [4.78, 5) is 0. The van der Waals surface area contributed by atoms with Gasteiger partial charge in [-0.2, -0.15) is 0 Å². The minimum absolute atomic E-state index is 0. The summed E-state index contributed by atoms with van der Waals surface area (Å²) in [5, 5.41) is 20.8. The van der Waals surface area contributed by atoms with Crippen LogP contribution in [0.15, 0.2) is 254 Å². The van der Waals surface area contributed by atoms with E-state index in [0.717, 1.165) is 25.7 Å². The molecule has 14 aromatic rings. The monoisotopic (exact) mass is 1240 g/mol. The second-order valence-electron chi connectivity index (χ2n) is 25.5. The molecule has 0 bridgehead atoms. The number of allylic oxidation sites excluding steroid dienone is 2. The smallest absolute Gasteiger partial charge is 0.147 e. The summed E-state index contributed by atoms with van der Waals surface area (Å²) in [7, 11) is 0. The molecule has 2 aliphatic rings. The molecule has 86 heavy (non-hydrogen) atoms. The molecular formula is C82H68Cl2SiZr. The minimum atomic E-state index is -4.70. The Kier molecular flexibility index (Phi) is 14.1. The third kappa shape index (κ3) is 8.60. The van der Waals surface area contributed by atoms with Crippen LogP contribution in [0.2, 0.25) is 9.26 Å². The van der Waals surface area contributed by atoms with Gasteiger partial charge < -0.3 is 0 Å². The molecular weight excluding hydrogens is 1180 g/mol. The molecule has 0 amide bonds. The first kappa shape index (κ1) is 56.1. The molecule has 2 aliphatic carbocycles.